The van der Waals surface area contributed by atoms with E-state index < -0.39 is 11.9 Å². The van der Waals surface area contributed by atoms with Gasteiger partial charge in [0.2, 0.25) is 0 Å². The average molecular weight is 351 g/mol. The molecule has 0 saturated carbocycles. The van der Waals surface area contributed by atoms with Gasteiger partial charge in [0.1, 0.15) is 10.7 Å². The van der Waals surface area contributed by atoms with Gasteiger partial charge in [-0.2, -0.15) is 0 Å². The van der Waals surface area contributed by atoms with E-state index in [1.165, 1.54) is 11.3 Å². The predicted molar refractivity (Wildman–Crippen MR) is 88.8 cm³/mol. The lowest BCUT2D eigenvalue weighted by molar-refractivity contribution is -0.142. The van der Waals surface area contributed by atoms with E-state index in [0.717, 1.165) is 10.6 Å². The molecular formula is C16H15ClN2O3S. The number of amides is 1. The molecule has 0 spiro atoms. The molecule has 0 radical (unpaired) electrons. The summed E-state index contributed by atoms with van der Waals surface area (Å²) in [5.41, 5.74) is 1.21. The maximum Gasteiger partial charge on any atom is 0.308 e. The number of carboxylic acids is 1. The van der Waals surface area contributed by atoms with Crippen molar-refractivity contribution in [2.75, 3.05) is 6.54 Å². The zero-order chi connectivity index (χ0) is 16.6. The van der Waals surface area contributed by atoms with Gasteiger partial charge in [0.25, 0.3) is 5.91 Å². The summed E-state index contributed by atoms with van der Waals surface area (Å²) < 4.78 is 0. The van der Waals surface area contributed by atoms with E-state index in [0.29, 0.717) is 23.7 Å². The first-order valence-electron chi connectivity index (χ1n) is 7.22. The van der Waals surface area contributed by atoms with Crippen LogP contribution in [0.15, 0.2) is 29.6 Å². The quantitative estimate of drug-likeness (QED) is 0.921. The number of halogens is 1. The molecule has 2 heterocycles. The van der Waals surface area contributed by atoms with Crippen LogP contribution in [0, 0.1) is 5.92 Å². The van der Waals surface area contributed by atoms with Crippen LogP contribution in [-0.4, -0.2) is 39.5 Å². The smallest absolute Gasteiger partial charge is 0.308 e. The lowest BCUT2D eigenvalue weighted by Gasteiger charge is -2.22. The summed E-state index contributed by atoms with van der Waals surface area (Å²) in [5, 5.41) is 12.2. The zero-order valence-corrected chi connectivity index (χ0v) is 14.0. The summed E-state index contributed by atoms with van der Waals surface area (Å²) in [6.45, 7) is 2.22. The van der Waals surface area contributed by atoms with Crippen LogP contribution < -0.4 is 0 Å². The highest BCUT2D eigenvalue weighted by molar-refractivity contribution is 7.13. The summed E-state index contributed by atoms with van der Waals surface area (Å²) in [6, 6.07) is 6.98. The van der Waals surface area contributed by atoms with Gasteiger partial charge >= 0.3 is 5.97 Å². The summed E-state index contributed by atoms with van der Waals surface area (Å²) >= 11 is 7.35. The molecule has 1 aliphatic rings. The molecule has 7 heteroatoms. The van der Waals surface area contributed by atoms with Crippen LogP contribution in [0.5, 0.6) is 0 Å². The van der Waals surface area contributed by atoms with Gasteiger partial charge in [-0.3, -0.25) is 9.59 Å². The van der Waals surface area contributed by atoms with Crippen molar-refractivity contribution in [3.63, 3.8) is 0 Å². The van der Waals surface area contributed by atoms with Gasteiger partial charge < -0.3 is 10.0 Å². The monoisotopic (exact) mass is 350 g/mol. The van der Waals surface area contributed by atoms with Gasteiger partial charge in [0, 0.05) is 28.6 Å². The number of rotatable bonds is 3. The number of carbonyl (C=O) groups is 2. The van der Waals surface area contributed by atoms with Gasteiger partial charge in [-0.15, -0.1) is 11.3 Å². The molecule has 120 valence electrons. The molecule has 1 fully saturated rings. The molecule has 23 heavy (non-hydrogen) atoms. The molecule has 3 rings (SSSR count). The topological polar surface area (TPSA) is 70.5 Å². The normalized spacial score (nSPS) is 20.7. The van der Waals surface area contributed by atoms with Crippen molar-refractivity contribution in [1.82, 2.24) is 9.88 Å². The molecule has 0 bridgehead atoms. The van der Waals surface area contributed by atoms with E-state index in [4.69, 9.17) is 16.7 Å². The Morgan fingerprint density at radius 2 is 2.22 bits per heavy atom. The van der Waals surface area contributed by atoms with E-state index in [1.54, 1.807) is 29.3 Å². The molecular weight excluding hydrogens is 336 g/mol. The SMILES string of the molecule is CC1C(C(=O)O)CCN1C(=O)c1csc(-c2cccc(Cl)c2)n1. The lowest BCUT2D eigenvalue weighted by Crippen LogP contribution is -2.37. The number of nitrogens with zero attached hydrogens (tertiary/aromatic N) is 2. The minimum absolute atomic E-state index is 0.217. The van der Waals surface area contributed by atoms with Crippen LogP contribution in [0.3, 0.4) is 0 Å². The summed E-state index contributed by atoms with van der Waals surface area (Å²) in [5.74, 6) is -1.58. The first kappa shape index (κ1) is 16.0. The number of thiazole rings is 1. The Bertz CT molecular complexity index is 761. The van der Waals surface area contributed by atoms with E-state index >= 15 is 0 Å². The Morgan fingerprint density at radius 3 is 2.87 bits per heavy atom. The van der Waals surface area contributed by atoms with Crippen molar-refractivity contribution in [2.24, 2.45) is 5.92 Å². The first-order valence-corrected chi connectivity index (χ1v) is 8.48. The Kier molecular flexibility index (Phi) is 4.37. The van der Waals surface area contributed by atoms with E-state index in [-0.39, 0.29) is 11.9 Å². The van der Waals surface area contributed by atoms with Crippen LogP contribution >= 0.6 is 22.9 Å². The maximum atomic E-state index is 12.6. The second-order valence-corrected chi connectivity index (χ2v) is 6.82. The van der Waals surface area contributed by atoms with Crippen LogP contribution in [0.25, 0.3) is 10.6 Å². The Morgan fingerprint density at radius 1 is 1.43 bits per heavy atom. The highest BCUT2D eigenvalue weighted by Gasteiger charge is 2.38. The highest BCUT2D eigenvalue weighted by atomic mass is 35.5. The molecule has 2 atom stereocenters. The molecule has 1 amide bonds. The standard InChI is InChI=1S/C16H15ClN2O3S/c1-9-12(16(21)22)5-6-19(9)15(20)13-8-23-14(18-13)10-3-2-4-11(17)7-10/h2-4,7-9,12H,5-6H2,1H3,(H,21,22). The van der Waals surface area contributed by atoms with Gasteiger partial charge in [0.15, 0.2) is 0 Å². The minimum Gasteiger partial charge on any atom is -0.481 e. The maximum absolute atomic E-state index is 12.6. The van der Waals surface area contributed by atoms with Crippen molar-refractivity contribution in [3.05, 3.63) is 40.4 Å². The number of carbonyl (C=O) groups excluding carboxylic acids is 1. The van der Waals surface area contributed by atoms with Crippen molar-refractivity contribution in [2.45, 2.75) is 19.4 Å². The third kappa shape index (κ3) is 3.09. The van der Waals surface area contributed by atoms with Crippen LogP contribution in [0.1, 0.15) is 23.8 Å². The zero-order valence-electron chi connectivity index (χ0n) is 12.4. The fourth-order valence-corrected chi connectivity index (χ4v) is 3.81. The number of benzene rings is 1. The van der Waals surface area contributed by atoms with Gasteiger partial charge in [-0.1, -0.05) is 23.7 Å². The van der Waals surface area contributed by atoms with Crippen LogP contribution in [-0.2, 0) is 4.79 Å². The average Bonchev–Trinajstić information content (AvgIpc) is 3.13. The number of carboxylic acid groups (broad SMARTS) is 1. The van der Waals surface area contributed by atoms with Gasteiger partial charge in [0.05, 0.1) is 5.92 Å². The van der Waals surface area contributed by atoms with E-state index in [9.17, 15) is 9.59 Å². The molecule has 5 nitrogen and oxygen atoms in total. The summed E-state index contributed by atoms with van der Waals surface area (Å²) in [4.78, 5) is 29.7. The van der Waals surface area contributed by atoms with Crippen LogP contribution in [0.2, 0.25) is 5.02 Å². The Hall–Kier alpha value is -1.92. The second-order valence-electron chi connectivity index (χ2n) is 5.52. The van der Waals surface area contributed by atoms with Crippen molar-refractivity contribution >= 4 is 34.8 Å². The molecule has 1 saturated heterocycles. The highest BCUT2D eigenvalue weighted by Crippen LogP contribution is 2.29. The molecule has 0 aliphatic carbocycles. The number of likely N-dealkylation sites (tertiary alicyclic amines) is 1. The van der Waals surface area contributed by atoms with Gasteiger partial charge in [-0.25, -0.2) is 4.98 Å². The number of aromatic nitrogens is 1. The number of aliphatic carboxylic acids is 1. The predicted octanol–water partition coefficient (Wildman–Crippen LogP) is 3.40. The minimum atomic E-state index is -0.856. The van der Waals surface area contributed by atoms with Crippen LogP contribution in [0.4, 0.5) is 0 Å². The lowest BCUT2D eigenvalue weighted by atomic mass is 10.0. The number of hydrogen-bond acceptors (Lipinski definition) is 4. The first-order chi connectivity index (χ1) is 11.0. The molecule has 1 aliphatic heterocycles. The Balaban J connectivity index is 1.81. The fraction of sp³-hybridized carbons (Fsp3) is 0.312. The number of hydrogen-bond donors (Lipinski definition) is 1. The molecule has 1 aromatic heterocycles. The molecule has 2 unspecified atom stereocenters. The molecule has 2 aromatic rings. The van der Waals surface area contributed by atoms with E-state index in [2.05, 4.69) is 4.98 Å². The van der Waals surface area contributed by atoms with E-state index in [1.807, 2.05) is 12.1 Å². The molecule has 1 N–H and O–H groups in total. The fourth-order valence-electron chi connectivity index (χ4n) is 2.83. The van der Waals surface area contributed by atoms with Crippen molar-refractivity contribution in [3.8, 4) is 10.6 Å². The summed E-state index contributed by atoms with van der Waals surface area (Å²) in [6.07, 6.45) is 0.480. The van der Waals surface area contributed by atoms with Crippen molar-refractivity contribution in [1.29, 1.82) is 0 Å². The van der Waals surface area contributed by atoms with Crippen molar-refractivity contribution < 1.29 is 14.7 Å². The third-order valence-corrected chi connectivity index (χ3v) is 5.25. The molecule has 1 aromatic carbocycles. The summed E-state index contributed by atoms with van der Waals surface area (Å²) in [7, 11) is 0. The third-order valence-electron chi connectivity index (χ3n) is 4.13. The largest absolute Gasteiger partial charge is 0.481 e. The Labute approximate surface area is 142 Å². The van der Waals surface area contributed by atoms with Gasteiger partial charge in [-0.05, 0) is 25.5 Å². The second kappa shape index (κ2) is 6.29.